The summed E-state index contributed by atoms with van der Waals surface area (Å²) in [6.45, 7) is 7.70. The zero-order valence-corrected chi connectivity index (χ0v) is 13.2. The van der Waals surface area contributed by atoms with E-state index in [4.69, 9.17) is 5.73 Å². The second kappa shape index (κ2) is 7.84. The largest absolute Gasteiger partial charge is 0.326 e. The molecule has 0 bridgehead atoms. The molecule has 2 rings (SSSR count). The van der Waals surface area contributed by atoms with Gasteiger partial charge in [-0.15, -0.1) is 0 Å². The third-order valence-electron chi connectivity index (χ3n) is 3.99. The van der Waals surface area contributed by atoms with E-state index in [-0.39, 0.29) is 5.82 Å². The number of likely N-dealkylation sites (N-methyl/N-ethyl adjacent to an activating group) is 1. The van der Waals surface area contributed by atoms with E-state index < -0.39 is 0 Å². The predicted octanol–water partition coefficient (Wildman–Crippen LogP) is 0.964. The van der Waals surface area contributed by atoms with Crippen molar-refractivity contribution in [2.45, 2.75) is 13.1 Å². The minimum Gasteiger partial charge on any atom is -0.326 e. The van der Waals surface area contributed by atoms with Crippen molar-refractivity contribution < 1.29 is 4.39 Å². The monoisotopic (exact) mass is 294 g/mol. The Balaban J connectivity index is 1.82. The second-order valence-electron chi connectivity index (χ2n) is 6.09. The number of halogens is 1. The first kappa shape index (κ1) is 16.4. The van der Waals surface area contributed by atoms with Crippen molar-refractivity contribution in [2.24, 2.45) is 5.73 Å². The van der Waals surface area contributed by atoms with Gasteiger partial charge in [0.15, 0.2) is 0 Å². The van der Waals surface area contributed by atoms with Gasteiger partial charge in [-0.05, 0) is 37.4 Å². The number of nitrogens with zero attached hydrogens (tertiary/aromatic N) is 3. The van der Waals surface area contributed by atoms with Crippen LogP contribution in [0.4, 0.5) is 4.39 Å². The van der Waals surface area contributed by atoms with Gasteiger partial charge in [-0.25, -0.2) is 4.39 Å². The second-order valence-corrected chi connectivity index (χ2v) is 6.09. The van der Waals surface area contributed by atoms with Crippen LogP contribution in [0.5, 0.6) is 0 Å². The van der Waals surface area contributed by atoms with Gasteiger partial charge in [0.25, 0.3) is 0 Å². The fourth-order valence-corrected chi connectivity index (χ4v) is 2.70. The van der Waals surface area contributed by atoms with Crippen LogP contribution in [-0.2, 0) is 13.1 Å². The van der Waals surface area contributed by atoms with Crippen LogP contribution < -0.4 is 5.73 Å². The molecule has 1 fully saturated rings. The molecule has 1 saturated heterocycles. The van der Waals surface area contributed by atoms with E-state index in [1.54, 1.807) is 6.07 Å². The lowest BCUT2D eigenvalue weighted by molar-refractivity contribution is 0.120. The summed E-state index contributed by atoms with van der Waals surface area (Å²) in [6.07, 6.45) is 0. The molecule has 118 valence electrons. The normalized spacial score (nSPS) is 17.6. The minimum absolute atomic E-state index is 0.183. The van der Waals surface area contributed by atoms with Crippen LogP contribution in [0, 0.1) is 5.82 Å². The number of rotatable bonds is 6. The first-order valence-corrected chi connectivity index (χ1v) is 7.64. The smallest absolute Gasteiger partial charge is 0.123 e. The van der Waals surface area contributed by atoms with Gasteiger partial charge in [-0.3, -0.25) is 9.80 Å². The maximum atomic E-state index is 13.5. The Labute approximate surface area is 127 Å². The Morgan fingerprint density at radius 1 is 1.05 bits per heavy atom. The quantitative estimate of drug-likeness (QED) is 0.848. The summed E-state index contributed by atoms with van der Waals surface area (Å²) in [7, 11) is 4.21. The van der Waals surface area contributed by atoms with E-state index in [2.05, 4.69) is 28.8 Å². The van der Waals surface area contributed by atoms with E-state index in [1.165, 1.54) is 6.07 Å². The Morgan fingerprint density at radius 2 is 1.67 bits per heavy atom. The molecule has 1 aliphatic rings. The zero-order chi connectivity index (χ0) is 15.2. The zero-order valence-electron chi connectivity index (χ0n) is 13.2. The number of hydrogen-bond acceptors (Lipinski definition) is 4. The average Bonchev–Trinajstić information content (AvgIpc) is 2.46. The first-order chi connectivity index (χ1) is 10.1. The van der Waals surface area contributed by atoms with E-state index in [0.717, 1.165) is 56.9 Å². The first-order valence-electron chi connectivity index (χ1n) is 7.64. The number of piperazine rings is 1. The molecule has 5 heteroatoms. The van der Waals surface area contributed by atoms with E-state index in [1.807, 2.05) is 6.07 Å². The average molecular weight is 294 g/mol. The molecule has 0 aromatic heterocycles. The minimum atomic E-state index is -0.183. The maximum Gasteiger partial charge on any atom is 0.123 e. The highest BCUT2D eigenvalue weighted by molar-refractivity contribution is 5.24. The summed E-state index contributed by atoms with van der Waals surface area (Å²) in [5.41, 5.74) is 7.50. The molecular weight excluding hydrogens is 267 g/mol. The number of hydrogen-bond donors (Lipinski definition) is 1. The molecule has 1 aromatic carbocycles. The van der Waals surface area contributed by atoms with Gasteiger partial charge in [0.05, 0.1) is 0 Å². The van der Waals surface area contributed by atoms with E-state index >= 15 is 0 Å². The van der Waals surface area contributed by atoms with Crippen molar-refractivity contribution in [3.8, 4) is 0 Å². The van der Waals surface area contributed by atoms with E-state index in [0.29, 0.717) is 6.54 Å². The van der Waals surface area contributed by atoms with Crippen LogP contribution in [0.15, 0.2) is 18.2 Å². The maximum absolute atomic E-state index is 13.5. The van der Waals surface area contributed by atoms with Crippen molar-refractivity contribution in [3.05, 3.63) is 35.1 Å². The lowest BCUT2D eigenvalue weighted by Crippen LogP contribution is -2.47. The standard InChI is InChI=1S/C16H27FN4/c1-19(2)3-4-20-5-7-21(8-6-20)13-15-9-14(12-18)10-16(17)11-15/h9-11H,3-8,12-13,18H2,1-2H3. The van der Waals surface area contributed by atoms with Crippen LogP contribution in [0.1, 0.15) is 11.1 Å². The van der Waals surface area contributed by atoms with Crippen molar-refractivity contribution in [1.29, 1.82) is 0 Å². The third-order valence-corrected chi connectivity index (χ3v) is 3.99. The molecule has 0 unspecified atom stereocenters. The topological polar surface area (TPSA) is 35.7 Å². The highest BCUT2D eigenvalue weighted by Gasteiger charge is 2.17. The number of benzene rings is 1. The van der Waals surface area contributed by atoms with Crippen molar-refractivity contribution in [3.63, 3.8) is 0 Å². The van der Waals surface area contributed by atoms with Crippen molar-refractivity contribution in [2.75, 3.05) is 53.4 Å². The SMILES string of the molecule is CN(C)CCN1CCN(Cc2cc(F)cc(CN)c2)CC1. The molecule has 1 heterocycles. The van der Waals surface area contributed by atoms with Crippen molar-refractivity contribution in [1.82, 2.24) is 14.7 Å². The lowest BCUT2D eigenvalue weighted by atomic mass is 10.1. The molecule has 1 aliphatic heterocycles. The summed E-state index contributed by atoms with van der Waals surface area (Å²) in [6, 6.07) is 5.15. The van der Waals surface area contributed by atoms with Gasteiger partial charge < -0.3 is 10.6 Å². The predicted molar refractivity (Wildman–Crippen MR) is 84.6 cm³/mol. The molecule has 0 aliphatic carbocycles. The van der Waals surface area contributed by atoms with Gasteiger partial charge in [-0.2, -0.15) is 0 Å². The van der Waals surface area contributed by atoms with E-state index in [9.17, 15) is 4.39 Å². The molecule has 4 nitrogen and oxygen atoms in total. The Kier molecular flexibility index (Phi) is 6.11. The van der Waals surface area contributed by atoms with Crippen LogP contribution in [-0.4, -0.2) is 68.1 Å². The molecule has 0 saturated carbocycles. The third kappa shape index (κ3) is 5.36. The summed E-state index contributed by atoms with van der Waals surface area (Å²) < 4.78 is 13.5. The molecule has 0 radical (unpaired) electrons. The molecular formula is C16H27FN4. The van der Waals surface area contributed by atoms with Gasteiger partial charge >= 0.3 is 0 Å². The molecule has 21 heavy (non-hydrogen) atoms. The molecule has 0 spiro atoms. The van der Waals surface area contributed by atoms with Crippen LogP contribution in [0.3, 0.4) is 0 Å². The van der Waals surface area contributed by atoms with Gasteiger partial charge in [-0.1, -0.05) is 6.07 Å². The Morgan fingerprint density at radius 3 is 2.29 bits per heavy atom. The van der Waals surface area contributed by atoms with Crippen molar-refractivity contribution >= 4 is 0 Å². The lowest BCUT2D eigenvalue weighted by Gasteiger charge is -2.35. The van der Waals surface area contributed by atoms with Gasteiger partial charge in [0.2, 0.25) is 0 Å². The summed E-state index contributed by atoms with van der Waals surface area (Å²) in [5, 5.41) is 0. The summed E-state index contributed by atoms with van der Waals surface area (Å²) >= 11 is 0. The van der Waals surface area contributed by atoms with Gasteiger partial charge in [0, 0.05) is 52.4 Å². The fourth-order valence-electron chi connectivity index (χ4n) is 2.70. The fraction of sp³-hybridized carbons (Fsp3) is 0.625. The number of nitrogens with two attached hydrogens (primary N) is 1. The van der Waals surface area contributed by atoms with Crippen LogP contribution in [0.25, 0.3) is 0 Å². The molecule has 1 aromatic rings. The van der Waals surface area contributed by atoms with Gasteiger partial charge in [0.1, 0.15) is 5.82 Å². The molecule has 2 N–H and O–H groups in total. The Bertz CT molecular complexity index is 442. The molecule has 0 amide bonds. The summed E-state index contributed by atoms with van der Waals surface area (Å²) in [5.74, 6) is -0.183. The Hall–Kier alpha value is -1.01. The highest BCUT2D eigenvalue weighted by Crippen LogP contribution is 2.13. The van der Waals surface area contributed by atoms with Crippen LogP contribution >= 0.6 is 0 Å². The summed E-state index contributed by atoms with van der Waals surface area (Å²) in [4.78, 5) is 7.10. The molecule has 0 atom stereocenters. The highest BCUT2D eigenvalue weighted by atomic mass is 19.1. The van der Waals surface area contributed by atoms with Crippen LogP contribution in [0.2, 0.25) is 0 Å².